The second kappa shape index (κ2) is 7.78. The molecular weight excluding hydrogens is 444 g/mol. The van der Waals surface area contributed by atoms with Crippen LogP contribution in [-0.4, -0.2) is 31.9 Å². The first kappa shape index (κ1) is 19.9. The number of hydrogen-bond donors (Lipinski definition) is 1. The van der Waals surface area contributed by atoms with Gasteiger partial charge in [-0.05, 0) is 50.3 Å². The zero-order valence-electron chi connectivity index (χ0n) is 16.0. The fourth-order valence-corrected chi connectivity index (χ4v) is 3.75. The Morgan fingerprint density at radius 2 is 2.03 bits per heavy atom. The van der Waals surface area contributed by atoms with Gasteiger partial charge >= 0.3 is 0 Å². The molecule has 0 spiro atoms. The third-order valence-corrected chi connectivity index (χ3v) is 5.99. The minimum Gasteiger partial charge on any atom is -0.340 e. The van der Waals surface area contributed by atoms with Gasteiger partial charge in [0.1, 0.15) is 11.5 Å². The Bertz CT molecular complexity index is 1060. The van der Waals surface area contributed by atoms with Crippen molar-refractivity contribution < 1.29 is 13.6 Å². The first-order valence-corrected chi connectivity index (χ1v) is 10.2. The molecule has 1 atom stereocenters. The van der Waals surface area contributed by atoms with Crippen LogP contribution < -0.4 is 5.32 Å². The van der Waals surface area contributed by atoms with E-state index in [4.69, 9.17) is 4.98 Å². The molecule has 152 valence electrons. The van der Waals surface area contributed by atoms with Gasteiger partial charge in [0.2, 0.25) is 0 Å². The van der Waals surface area contributed by atoms with Crippen LogP contribution in [0.2, 0.25) is 0 Å². The number of nitrogens with zero attached hydrogens (tertiary/aromatic N) is 4. The summed E-state index contributed by atoms with van der Waals surface area (Å²) in [7, 11) is 0. The van der Waals surface area contributed by atoms with Crippen molar-refractivity contribution in [2.45, 2.75) is 45.7 Å². The maximum absolute atomic E-state index is 13.4. The van der Waals surface area contributed by atoms with E-state index in [1.165, 1.54) is 17.0 Å². The first-order valence-electron chi connectivity index (χ1n) is 9.38. The molecule has 2 heterocycles. The van der Waals surface area contributed by atoms with E-state index in [-0.39, 0.29) is 17.5 Å². The molecule has 4 rings (SSSR count). The molecule has 0 saturated heterocycles. The summed E-state index contributed by atoms with van der Waals surface area (Å²) in [6.45, 7) is 3.20. The van der Waals surface area contributed by atoms with Gasteiger partial charge in [0.05, 0.1) is 35.5 Å². The van der Waals surface area contributed by atoms with Crippen molar-refractivity contribution in [1.82, 2.24) is 24.8 Å². The number of nitrogens with one attached hydrogen (secondary N) is 1. The third kappa shape index (κ3) is 4.01. The molecule has 0 bridgehead atoms. The molecule has 9 heteroatoms. The molecule has 0 aliphatic heterocycles. The van der Waals surface area contributed by atoms with E-state index in [2.05, 4.69) is 31.2 Å². The number of fused-ring (bicyclic) bond motifs is 1. The predicted molar refractivity (Wildman–Crippen MR) is 108 cm³/mol. The second-order valence-corrected chi connectivity index (χ2v) is 8.20. The lowest BCUT2D eigenvalue weighted by molar-refractivity contribution is 0.0921. The fraction of sp³-hybridized carbons (Fsp3) is 0.400. The average molecular weight is 464 g/mol. The van der Waals surface area contributed by atoms with Crippen LogP contribution in [0.1, 0.15) is 46.5 Å². The van der Waals surface area contributed by atoms with Gasteiger partial charge in [-0.1, -0.05) is 15.9 Å². The number of hydrogen-bond acceptors (Lipinski definition) is 4. The highest BCUT2D eigenvalue weighted by molar-refractivity contribution is 9.10. The smallest absolute Gasteiger partial charge is 0.272 e. The van der Waals surface area contributed by atoms with E-state index in [9.17, 15) is 13.6 Å². The van der Waals surface area contributed by atoms with Crippen LogP contribution in [0, 0.1) is 19.8 Å². The van der Waals surface area contributed by atoms with Crippen molar-refractivity contribution >= 4 is 32.9 Å². The van der Waals surface area contributed by atoms with Gasteiger partial charge in [0.25, 0.3) is 12.3 Å². The number of halogens is 3. The first-order chi connectivity index (χ1) is 13.8. The zero-order valence-corrected chi connectivity index (χ0v) is 17.6. The highest BCUT2D eigenvalue weighted by atomic mass is 79.9. The molecule has 1 N–H and O–H groups in total. The van der Waals surface area contributed by atoms with Crippen LogP contribution in [0.25, 0.3) is 11.0 Å². The molecule has 29 heavy (non-hydrogen) atoms. The summed E-state index contributed by atoms with van der Waals surface area (Å²) in [6.07, 6.45) is 2.22. The molecule has 6 nitrogen and oxygen atoms in total. The van der Waals surface area contributed by atoms with Crippen LogP contribution in [0.5, 0.6) is 0 Å². The minimum absolute atomic E-state index is 0.161. The molecule has 1 amide bonds. The normalized spacial score (nSPS) is 15.1. The number of alkyl halides is 2. The van der Waals surface area contributed by atoms with Gasteiger partial charge in [0.15, 0.2) is 0 Å². The van der Waals surface area contributed by atoms with Crippen molar-refractivity contribution in [3.8, 4) is 0 Å². The number of benzene rings is 1. The van der Waals surface area contributed by atoms with Gasteiger partial charge < -0.3 is 9.88 Å². The van der Waals surface area contributed by atoms with Gasteiger partial charge in [-0.2, -0.15) is 0 Å². The lowest BCUT2D eigenvalue weighted by atomic mass is 10.1. The Labute approximate surface area is 174 Å². The van der Waals surface area contributed by atoms with Crippen LogP contribution in [0.3, 0.4) is 0 Å². The molecule has 1 aliphatic rings. The molecule has 1 aliphatic carbocycles. The minimum atomic E-state index is -2.53. The number of rotatable bonds is 6. The summed E-state index contributed by atoms with van der Waals surface area (Å²) in [5, 5.41) is 2.96. The fourth-order valence-electron chi connectivity index (χ4n) is 3.43. The number of carbonyl (C=O) groups excluding carboxylic acids is 1. The quantitative estimate of drug-likeness (QED) is 0.589. The Morgan fingerprint density at radius 1 is 1.28 bits per heavy atom. The van der Waals surface area contributed by atoms with Gasteiger partial charge in [-0.15, -0.1) is 0 Å². The highest BCUT2D eigenvalue weighted by Crippen LogP contribution is 2.42. The van der Waals surface area contributed by atoms with Crippen LogP contribution in [0.15, 0.2) is 29.0 Å². The average Bonchev–Trinajstić information content (AvgIpc) is 3.46. The van der Waals surface area contributed by atoms with Crippen molar-refractivity contribution in [2.75, 3.05) is 0 Å². The van der Waals surface area contributed by atoms with Crippen molar-refractivity contribution in [3.05, 3.63) is 51.8 Å². The number of amides is 1. The summed E-state index contributed by atoms with van der Waals surface area (Å²) >= 11 is 3.47. The maximum atomic E-state index is 13.4. The third-order valence-electron chi connectivity index (χ3n) is 5.13. The number of aryl methyl sites for hydroxylation is 2. The molecular formula is C20H20BrF2N5O. The molecule has 0 radical (unpaired) electrons. The zero-order chi connectivity index (χ0) is 20.7. The maximum Gasteiger partial charge on any atom is 0.272 e. The lowest BCUT2D eigenvalue weighted by Gasteiger charge is -2.19. The SMILES string of the molecule is Cc1cnc(C(=O)N[C@H](c2nc3c(C)c(Br)ccc3n2CC(F)F)C2CC2)cn1. The van der Waals surface area contributed by atoms with Crippen molar-refractivity contribution in [3.63, 3.8) is 0 Å². The second-order valence-electron chi connectivity index (χ2n) is 7.34. The molecule has 3 aromatic rings. The van der Waals surface area contributed by atoms with Crippen LogP contribution in [0.4, 0.5) is 8.78 Å². The van der Waals surface area contributed by atoms with E-state index in [0.717, 1.165) is 22.9 Å². The molecule has 2 aromatic heterocycles. The molecule has 1 fully saturated rings. The molecule has 1 aromatic carbocycles. The Balaban J connectivity index is 1.76. The Morgan fingerprint density at radius 3 is 2.66 bits per heavy atom. The molecule has 0 unspecified atom stereocenters. The molecule has 1 saturated carbocycles. The monoisotopic (exact) mass is 463 g/mol. The van der Waals surface area contributed by atoms with Crippen LogP contribution in [-0.2, 0) is 6.54 Å². The summed E-state index contributed by atoms with van der Waals surface area (Å²) < 4.78 is 29.1. The Hall–Kier alpha value is -2.42. The number of imidazole rings is 1. The van der Waals surface area contributed by atoms with E-state index in [0.29, 0.717) is 22.6 Å². The van der Waals surface area contributed by atoms with Crippen LogP contribution >= 0.6 is 15.9 Å². The Kier molecular flexibility index (Phi) is 5.33. The van der Waals surface area contributed by atoms with Gasteiger partial charge in [-0.3, -0.25) is 9.78 Å². The predicted octanol–water partition coefficient (Wildman–Crippen LogP) is 4.35. The highest BCUT2D eigenvalue weighted by Gasteiger charge is 2.37. The number of carbonyl (C=O) groups is 1. The summed E-state index contributed by atoms with van der Waals surface area (Å²) in [5.74, 6) is 0.231. The topological polar surface area (TPSA) is 72.7 Å². The van der Waals surface area contributed by atoms with Crippen molar-refractivity contribution in [1.29, 1.82) is 0 Å². The van der Waals surface area contributed by atoms with Crippen molar-refractivity contribution in [2.24, 2.45) is 5.92 Å². The summed E-state index contributed by atoms with van der Waals surface area (Å²) in [4.78, 5) is 25.7. The van der Waals surface area contributed by atoms with E-state index >= 15 is 0 Å². The van der Waals surface area contributed by atoms with Gasteiger partial charge in [0, 0.05) is 10.7 Å². The largest absolute Gasteiger partial charge is 0.340 e. The lowest BCUT2D eigenvalue weighted by Crippen LogP contribution is -2.33. The van der Waals surface area contributed by atoms with E-state index in [1.807, 2.05) is 13.0 Å². The standard InChI is InChI=1S/C20H20BrF2N5O/c1-10-7-25-14(8-24-10)20(29)27-18(12-3-4-12)19-26-17-11(2)13(21)5-6-15(17)28(19)9-16(22)23/h5-8,12,16,18H,3-4,9H2,1-2H3,(H,27,29)/t18-/m0/s1. The van der Waals surface area contributed by atoms with E-state index < -0.39 is 19.0 Å². The number of aromatic nitrogens is 4. The van der Waals surface area contributed by atoms with E-state index in [1.54, 1.807) is 13.0 Å². The summed E-state index contributed by atoms with van der Waals surface area (Å²) in [5.41, 5.74) is 3.07. The van der Waals surface area contributed by atoms with Gasteiger partial charge in [-0.25, -0.2) is 18.7 Å². The summed E-state index contributed by atoms with van der Waals surface area (Å²) in [6, 6.07) is 3.15.